The number of thiazole rings is 1. The van der Waals surface area contributed by atoms with Crippen LogP contribution in [-0.2, 0) is 17.8 Å². The fourth-order valence-electron chi connectivity index (χ4n) is 2.66. The molecule has 0 aliphatic carbocycles. The van der Waals surface area contributed by atoms with Gasteiger partial charge in [0.2, 0.25) is 5.91 Å². The Morgan fingerprint density at radius 3 is 2.43 bits per heavy atom. The van der Waals surface area contributed by atoms with Crippen LogP contribution in [-0.4, -0.2) is 32.2 Å². The standard InChI is InChI=1S/C21H22N2O4S/c1-25-17-7-4-14(5-8-17)12-22-20(24)11-16-13-28-21(23-16)15-6-9-18(26-2)19(10-15)27-3/h4-10,13H,11-12H2,1-3H3,(H,22,24). The molecule has 0 saturated heterocycles. The van der Waals surface area contributed by atoms with Crippen LogP contribution in [0.25, 0.3) is 10.6 Å². The van der Waals surface area contributed by atoms with E-state index in [0.717, 1.165) is 27.6 Å². The van der Waals surface area contributed by atoms with E-state index in [-0.39, 0.29) is 12.3 Å². The summed E-state index contributed by atoms with van der Waals surface area (Å²) in [4.78, 5) is 16.8. The molecule has 146 valence electrons. The number of nitrogens with one attached hydrogen (secondary N) is 1. The number of ether oxygens (including phenoxy) is 3. The van der Waals surface area contributed by atoms with Crippen LogP contribution in [0.3, 0.4) is 0 Å². The minimum Gasteiger partial charge on any atom is -0.497 e. The Bertz CT molecular complexity index is 938. The summed E-state index contributed by atoms with van der Waals surface area (Å²) in [7, 11) is 4.83. The van der Waals surface area contributed by atoms with Gasteiger partial charge in [-0.1, -0.05) is 12.1 Å². The van der Waals surface area contributed by atoms with E-state index in [4.69, 9.17) is 14.2 Å². The molecule has 0 atom stereocenters. The molecule has 3 aromatic rings. The lowest BCUT2D eigenvalue weighted by atomic mass is 10.2. The second-order valence-corrected chi connectivity index (χ2v) is 6.87. The molecule has 7 heteroatoms. The molecular weight excluding hydrogens is 376 g/mol. The molecule has 6 nitrogen and oxygen atoms in total. The average molecular weight is 398 g/mol. The van der Waals surface area contributed by atoms with Crippen molar-refractivity contribution in [3.63, 3.8) is 0 Å². The van der Waals surface area contributed by atoms with Gasteiger partial charge in [0, 0.05) is 17.5 Å². The number of rotatable bonds is 8. The summed E-state index contributed by atoms with van der Waals surface area (Å²) in [5.74, 6) is 2.04. The van der Waals surface area contributed by atoms with Crippen LogP contribution in [0.15, 0.2) is 47.8 Å². The van der Waals surface area contributed by atoms with Crippen molar-refractivity contribution in [2.45, 2.75) is 13.0 Å². The molecule has 1 heterocycles. The Morgan fingerprint density at radius 1 is 1.00 bits per heavy atom. The molecule has 3 rings (SSSR count). The molecule has 0 aliphatic heterocycles. The summed E-state index contributed by atoms with van der Waals surface area (Å²) >= 11 is 1.49. The highest BCUT2D eigenvalue weighted by atomic mass is 32.1. The summed E-state index contributed by atoms with van der Waals surface area (Å²) in [5.41, 5.74) is 2.67. The second kappa shape index (κ2) is 9.23. The molecule has 1 N–H and O–H groups in total. The quantitative estimate of drug-likeness (QED) is 0.627. The van der Waals surface area contributed by atoms with Gasteiger partial charge in [-0.2, -0.15) is 0 Å². The van der Waals surface area contributed by atoms with Gasteiger partial charge in [0.1, 0.15) is 10.8 Å². The van der Waals surface area contributed by atoms with Gasteiger partial charge in [-0.3, -0.25) is 4.79 Å². The van der Waals surface area contributed by atoms with E-state index in [1.54, 1.807) is 21.3 Å². The zero-order valence-electron chi connectivity index (χ0n) is 16.0. The highest BCUT2D eigenvalue weighted by Gasteiger charge is 2.12. The third-order valence-electron chi connectivity index (χ3n) is 4.17. The first-order valence-corrected chi connectivity index (χ1v) is 9.57. The first-order chi connectivity index (χ1) is 13.6. The second-order valence-electron chi connectivity index (χ2n) is 6.02. The zero-order valence-corrected chi connectivity index (χ0v) is 16.8. The fourth-order valence-corrected chi connectivity index (χ4v) is 3.48. The summed E-state index contributed by atoms with van der Waals surface area (Å²) < 4.78 is 15.7. The van der Waals surface area contributed by atoms with Crippen LogP contribution in [0.4, 0.5) is 0 Å². The van der Waals surface area contributed by atoms with Gasteiger partial charge < -0.3 is 19.5 Å². The number of benzene rings is 2. The van der Waals surface area contributed by atoms with E-state index in [1.807, 2.05) is 47.8 Å². The van der Waals surface area contributed by atoms with Gasteiger partial charge in [0.15, 0.2) is 11.5 Å². The fraction of sp³-hybridized carbons (Fsp3) is 0.238. The van der Waals surface area contributed by atoms with Crippen molar-refractivity contribution in [3.8, 4) is 27.8 Å². The first kappa shape index (κ1) is 19.7. The molecule has 0 saturated carbocycles. The third kappa shape index (κ3) is 4.80. The predicted molar refractivity (Wildman–Crippen MR) is 109 cm³/mol. The van der Waals surface area contributed by atoms with E-state index in [2.05, 4.69) is 10.3 Å². The number of carbonyl (C=O) groups is 1. The van der Waals surface area contributed by atoms with Gasteiger partial charge in [0.25, 0.3) is 0 Å². The van der Waals surface area contributed by atoms with Crippen LogP contribution in [0, 0.1) is 0 Å². The maximum absolute atomic E-state index is 12.2. The van der Waals surface area contributed by atoms with Crippen molar-refractivity contribution >= 4 is 17.2 Å². The van der Waals surface area contributed by atoms with Gasteiger partial charge >= 0.3 is 0 Å². The van der Waals surface area contributed by atoms with Gasteiger partial charge in [-0.15, -0.1) is 11.3 Å². The van der Waals surface area contributed by atoms with E-state index in [1.165, 1.54) is 11.3 Å². The largest absolute Gasteiger partial charge is 0.497 e. The number of hydrogen-bond acceptors (Lipinski definition) is 6. The summed E-state index contributed by atoms with van der Waals surface area (Å²) in [6, 6.07) is 13.2. The lowest BCUT2D eigenvalue weighted by Crippen LogP contribution is -2.24. The minimum absolute atomic E-state index is 0.0695. The van der Waals surface area contributed by atoms with Crippen molar-refractivity contribution < 1.29 is 19.0 Å². The first-order valence-electron chi connectivity index (χ1n) is 8.69. The monoisotopic (exact) mass is 398 g/mol. The van der Waals surface area contributed by atoms with Crippen molar-refractivity contribution in [3.05, 3.63) is 59.1 Å². The lowest BCUT2D eigenvalue weighted by Gasteiger charge is -2.08. The molecule has 0 radical (unpaired) electrons. The molecule has 0 aliphatic rings. The van der Waals surface area contributed by atoms with Gasteiger partial charge in [-0.05, 0) is 35.9 Å². The van der Waals surface area contributed by atoms with Crippen LogP contribution in [0.2, 0.25) is 0 Å². The molecule has 1 amide bonds. The number of amides is 1. The van der Waals surface area contributed by atoms with Crippen LogP contribution in [0.5, 0.6) is 17.2 Å². The summed E-state index contributed by atoms with van der Waals surface area (Å²) in [6.45, 7) is 0.468. The number of hydrogen-bond donors (Lipinski definition) is 1. The topological polar surface area (TPSA) is 69.7 Å². The van der Waals surface area contributed by atoms with E-state index in [0.29, 0.717) is 18.0 Å². The van der Waals surface area contributed by atoms with E-state index in [9.17, 15) is 4.79 Å². The number of methoxy groups -OCH3 is 3. The number of carbonyl (C=O) groups excluding carboxylic acids is 1. The van der Waals surface area contributed by atoms with Crippen molar-refractivity contribution in [2.24, 2.45) is 0 Å². The maximum atomic E-state index is 12.2. The highest BCUT2D eigenvalue weighted by Crippen LogP contribution is 2.33. The molecule has 28 heavy (non-hydrogen) atoms. The number of nitrogens with zero attached hydrogens (tertiary/aromatic N) is 1. The Hall–Kier alpha value is -3.06. The lowest BCUT2D eigenvalue weighted by molar-refractivity contribution is -0.120. The third-order valence-corrected chi connectivity index (χ3v) is 5.11. The summed E-state index contributed by atoms with van der Waals surface area (Å²) in [6.07, 6.45) is 0.236. The highest BCUT2D eigenvalue weighted by molar-refractivity contribution is 7.13. The molecule has 2 aromatic carbocycles. The Morgan fingerprint density at radius 2 is 1.75 bits per heavy atom. The van der Waals surface area contributed by atoms with Crippen molar-refractivity contribution in [1.82, 2.24) is 10.3 Å². The molecular formula is C21H22N2O4S. The molecule has 0 spiro atoms. The molecule has 0 bridgehead atoms. The predicted octanol–water partition coefficient (Wildman–Crippen LogP) is 3.69. The van der Waals surface area contributed by atoms with Gasteiger partial charge in [0.05, 0.1) is 33.4 Å². The maximum Gasteiger partial charge on any atom is 0.226 e. The van der Waals surface area contributed by atoms with E-state index >= 15 is 0 Å². The van der Waals surface area contributed by atoms with Crippen LogP contribution in [0.1, 0.15) is 11.3 Å². The molecule has 0 fully saturated rings. The smallest absolute Gasteiger partial charge is 0.226 e. The van der Waals surface area contributed by atoms with Crippen molar-refractivity contribution in [2.75, 3.05) is 21.3 Å². The Balaban J connectivity index is 1.60. The average Bonchev–Trinajstić information content (AvgIpc) is 3.20. The van der Waals surface area contributed by atoms with Crippen LogP contribution < -0.4 is 19.5 Å². The van der Waals surface area contributed by atoms with E-state index < -0.39 is 0 Å². The minimum atomic E-state index is -0.0695. The normalized spacial score (nSPS) is 10.4. The SMILES string of the molecule is COc1ccc(CNC(=O)Cc2csc(-c3ccc(OC)c(OC)c3)n2)cc1. The Labute approximate surface area is 168 Å². The molecule has 0 unspecified atom stereocenters. The summed E-state index contributed by atoms with van der Waals surface area (Å²) in [5, 5.41) is 5.65. The van der Waals surface area contributed by atoms with Crippen molar-refractivity contribution in [1.29, 1.82) is 0 Å². The number of aromatic nitrogens is 1. The zero-order chi connectivity index (χ0) is 19.9. The Kier molecular flexibility index (Phi) is 6.49. The molecule has 1 aromatic heterocycles. The van der Waals surface area contributed by atoms with Gasteiger partial charge in [-0.25, -0.2) is 4.98 Å². The van der Waals surface area contributed by atoms with Crippen LogP contribution >= 0.6 is 11.3 Å².